The lowest BCUT2D eigenvalue weighted by molar-refractivity contribution is 0.186. The third kappa shape index (κ3) is 3.47. The van der Waals surface area contributed by atoms with Crippen LogP contribution in [0.1, 0.15) is 0 Å². The van der Waals surface area contributed by atoms with E-state index in [0.717, 1.165) is 10.5 Å². The molecule has 0 aliphatic carbocycles. The molecule has 148 valence electrons. The first-order chi connectivity index (χ1) is 14.0. The molecule has 0 aliphatic rings. The van der Waals surface area contributed by atoms with Crippen molar-refractivity contribution in [2.24, 2.45) is 0 Å². The topological polar surface area (TPSA) is 124 Å². The molecule has 2 heterocycles. The fourth-order valence-corrected chi connectivity index (χ4v) is 3.68. The standard InChI is InChI=1S/C19H16BrN5O4/c1-29-7-6-25(19(27)28)18-21-14-9-10(8-13(20)16(14)22-18)15-11-4-2-3-5-12(11)17(26)24-23-15/h2-5,8-9H,6-7H2,1H3,(H,21,22)(H,24,26)(H,27,28). The van der Waals surface area contributed by atoms with Crippen molar-refractivity contribution in [3.8, 4) is 11.3 Å². The first kappa shape index (κ1) is 19.1. The molecule has 4 aromatic rings. The number of H-pyrrole nitrogens is 2. The highest BCUT2D eigenvalue weighted by molar-refractivity contribution is 9.10. The van der Waals surface area contributed by atoms with E-state index >= 15 is 0 Å². The minimum absolute atomic E-state index is 0.141. The van der Waals surface area contributed by atoms with Crippen molar-refractivity contribution in [1.82, 2.24) is 20.2 Å². The molecule has 1 amide bonds. The number of benzene rings is 2. The molecule has 2 aromatic heterocycles. The fraction of sp³-hybridized carbons (Fsp3) is 0.158. The summed E-state index contributed by atoms with van der Waals surface area (Å²) in [6.45, 7) is 0.380. The molecule has 0 spiro atoms. The SMILES string of the molecule is COCCN(C(=O)O)c1nc2cc(-c3n[nH]c(=O)c4ccccc34)cc(Br)c2[nH]1. The Hall–Kier alpha value is -3.24. The molecule has 3 N–H and O–H groups in total. The molecule has 2 aromatic carbocycles. The quantitative estimate of drug-likeness (QED) is 0.421. The van der Waals surface area contributed by atoms with Gasteiger partial charge in [-0.3, -0.25) is 4.79 Å². The van der Waals surface area contributed by atoms with E-state index in [-0.39, 0.29) is 24.7 Å². The van der Waals surface area contributed by atoms with E-state index in [4.69, 9.17) is 4.74 Å². The van der Waals surface area contributed by atoms with Crippen molar-refractivity contribution in [1.29, 1.82) is 0 Å². The second-order valence-electron chi connectivity index (χ2n) is 6.29. The van der Waals surface area contributed by atoms with Gasteiger partial charge in [0.05, 0.1) is 35.3 Å². The van der Waals surface area contributed by atoms with E-state index in [2.05, 4.69) is 36.1 Å². The van der Waals surface area contributed by atoms with E-state index in [9.17, 15) is 14.7 Å². The third-order valence-corrected chi connectivity index (χ3v) is 5.13. The van der Waals surface area contributed by atoms with E-state index in [1.807, 2.05) is 18.2 Å². The maximum absolute atomic E-state index is 12.1. The molecule has 0 aliphatic heterocycles. The second kappa shape index (κ2) is 7.64. The van der Waals surface area contributed by atoms with Gasteiger partial charge in [0.2, 0.25) is 5.95 Å². The Morgan fingerprint density at radius 2 is 2.03 bits per heavy atom. The Bertz CT molecular complexity index is 1280. The number of carboxylic acid groups (broad SMARTS) is 1. The number of methoxy groups -OCH3 is 1. The molecule has 0 radical (unpaired) electrons. The lowest BCUT2D eigenvalue weighted by Gasteiger charge is -2.14. The molecule has 10 heteroatoms. The predicted molar refractivity (Wildman–Crippen MR) is 112 cm³/mol. The Morgan fingerprint density at radius 3 is 2.76 bits per heavy atom. The lowest BCUT2D eigenvalue weighted by atomic mass is 10.0. The van der Waals surface area contributed by atoms with Gasteiger partial charge in [-0.1, -0.05) is 18.2 Å². The highest BCUT2D eigenvalue weighted by Gasteiger charge is 2.20. The molecule has 0 saturated carbocycles. The van der Waals surface area contributed by atoms with Gasteiger partial charge in [-0.05, 0) is 34.1 Å². The average Bonchev–Trinajstić information content (AvgIpc) is 3.13. The first-order valence-electron chi connectivity index (χ1n) is 8.66. The number of nitrogens with one attached hydrogen (secondary N) is 2. The van der Waals surface area contributed by atoms with Gasteiger partial charge >= 0.3 is 6.09 Å². The molecule has 4 rings (SSSR count). The average molecular weight is 458 g/mol. The largest absolute Gasteiger partial charge is 0.465 e. The number of amides is 1. The van der Waals surface area contributed by atoms with E-state index in [0.29, 0.717) is 32.0 Å². The van der Waals surface area contributed by atoms with Gasteiger partial charge in [0, 0.05) is 22.5 Å². The summed E-state index contributed by atoms with van der Waals surface area (Å²) in [4.78, 5) is 32.2. The zero-order chi connectivity index (χ0) is 20.5. The van der Waals surface area contributed by atoms with Crippen LogP contribution in [0.5, 0.6) is 0 Å². The van der Waals surface area contributed by atoms with Gasteiger partial charge in [0.15, 0.2) is 0 Å². The Balaban J connectivity index is 1.86. The molecule has 29 heavy (non-hydrogen) atoms. The Labute approximate surface area is 172 Å². The van der Waals surface area contributed by atoms with Gasteiger partial charge in [0.25, 0.3) is 5.56 Å². The minimum atomic E-state index is -1.13. The first-order valence-corrected chi connectivity index (χ1v) is 9.45. The van der Waals surface area contributed by atoms with E-state index in [1.54, 1.807) is 18.2 Å². The normalized spacial score (nSPS) is 11.2. The van der Waals surface area contributed by atoms with Gasteiger partial charge in [-0.25, -0.2) is 19.8 Å². The Morgan fingerprint density at radius 1 is 1.28 bits per heavy atom. The molecule has 0 fully saturated rings. The van der Waals surface area contributed by atoms with Crippen molar-refractivity contribution in [3.63, 3.8) is 0 Å². The van der Waals surface area contributed by atoms with Crippen molar-refractivity contribution in [2.45, 2.75) is 0 Å². The van der Waals surface area contributed by atoms with Crippen molar-refractivity contribution in [3.05, 3.63) is 51.2 Å². The summed E-state index contributed by atoms with van der Waals surface area (Å²) in [5.41, 5.74) is 2.28. The van der Waals surface area contributed by atoms with Crippen LogP contribution in [0, 0.1) is 0 Å². The number of hydrogen-bond acceptors (Lipinski definition) is 5. The molecular weight excluding hydrogens is 442 g/mol. The van der Waals surface area contributed by atoms with Crippen molar-refractivity contribution >= 4 is 49.8 Å². The van der Waals surface area contributed by atoms with Crippen LogP contribution in [0.15, 0.2) is 45.7 Å². The zero-order valence-electron chi connectivity index (χ0n) is 15.3. The Kier molecular flexibility index (Phi) is 5.03. The number of aromatic amines is 2. The number of rotatable bonds is 5. The summed E-state index contributed by atoms with van der Waals surface area (Å²) >= 11 is 3.51. The number of fused-ring (bicyclic) bond motifs is 2. The van der Waals surface area contributed by atoms with E-state index in [1.165, 1.54) is 7.11 Å². The summed E-state index contributed by atoms with van der Waals surface area (Å²) in [6, 6.07) is 10.8. The number of nitrogens with zero attached hydrogens (tertiary/aromatic N) is 3. The molecular formula is C19H16BrN5O4. The summed E-state index contributed by atoms with van der Waals surface area (Å²) in [7, 11) is 1.50. The van der Waals surface area contributed by atoms with Crippen molar-refractivity contribution in [2.75, 3.05) is 25.2 Å². The van der Waals surface area contributed by atoms with Crippen LogP contribution >= 0.6 is 15.9 Å². The number of imidazole rings is 1. The highest BCUT2D eigenvalue weighted by Crippen LogP contribution is 2.32. The predicted octanol–water partition coefficient (Wildman–Crippen LogP) is 3.36. The van der Waals surface area contributed by atoms with Crippen LogP contribution in [0.2, 0.25) is 0 Å². The van der Waals surface area contributed by atoms with Gasteiger partial charge in [0.1, 0.15) is 0 Å². The molecule has 0 atom stereocenters. The van der Waals surface area contributed by atoms with Crippen LogP contribution in [-0.4, -0.2) is 51.6 Å². The van der Waals surface area contributed by atoms with Crippen LogP contribution in [0.4, 0.5) is 10.7 Å². The number of hydrogen-bond donors (Lipinski definition) is 3. The van der Waals surface area contributed by atoms with Crippen LogP contribution in [0.25, 0.3) is 33.1 Å². The summed E-state index contributed by atoms with van der Waals surface area (Å²) in [6.07, 6.45) is -1.13. The fourth-order valence-electron chi connectivity index (χ4n) is 3.13. The summed E-state index contributed by atoms with van der Waals surface area (Å²) in [5, 5.41) is 17.5. The number of carbonyl (C=O) groups is 1. The second-order valence-corrected chi connectivity index (χ2v) is 7.14. The van der Waals surface area contributed by atoms with E-state index < -0.39 is 6.09 Å². The van der Waals surface area contributed by atoms with Crippen LogP contribution < -0.4 is 10.5 Å². The molecule has 0 saturated heterocycles. The van der Waals surface area contributed by atoms with Crippen LogP contribution in [-0.2, 0) is 4.74 Å². The maximum Gasteiger partial charge on any atom is 0.414 e. The van der Waals surface area contributed by atoms with Gasteiger partial charge < -0.3 is 14.8 Å². The summed E-state index contributed by atoms with van der Waals surface area (Å²) in [5.74, 6) is 0.196. The highest BCUT2D eigenvalue weighted by atomic mass is 79.9. The zero-order valence-corrected chi connectivity index (χ0v) is 16.9. The van der Waals surface area contributed by atoms with Gasteiger partial charge in [-0.2, -0.15) is 5.10 Å². The third-order valence-electron chi connectivity index (χ3n) is 4.51. The molecule has 0 unspecified atom stereocenters. The maximum atomic E-state index is 12.1. The molecule has 0 bridgehead atoms. The smallest absolute Gasteiger partial charge is 0.414 e. The number of anilines is 1. The monoisotopic (exact) mass is 457 g/mol. The molecule has 9 nitrogen and oxygen atoms in total. The van der Waals surface area contributed by atoms with Crippen molar-refractivity contribution < 1.29 is 14.6 Å². The van der Waals surface area contributed by atoms with Crippen LogP contribution in [0.3, 0.4) is 0 Å². The number of aromatic nitrogens is 4. The minimum Gasteiger partial charge on any atom is -0.465 e. The number of halogens is 1. The summed E-state index contributed by atoms with van der Waals surface area (Å²) < 4.78 is 5.67. The van der Waals surface area contributed by atoms with Gasteiger partial charge in [-0.15, -0.1) is 0 Å². The lowest BCUT2D eigenvalue weighted by Crippen LogP contribution is -2.33. The number of ether oxygens (including phenoxy) is 1.